The van der Waals surface area contributed by atoms with E-state index in [9.17, 15) is 32.7 Å². The molecule has 0 saturated carbocycles. The van der Waals surface area contributed by atoms with Gasteiger partial charge in [0, 0.05) is 43.6 Å². The number of nitrogens with two attached hydrogens (primary N) is 1. The number of aliphatic hydroxyl groups is 1. The fourth-order valence-electron chi connectivity index (χ4n) is 3.91. The Labute approximate surface area is 227 Å². The maximum atomic E-state index is 15.0. The largest absolute Gasteiger partial charge is 0.504 e. The van der Waals surface area contributed by atoms with Gasteiger partial charge in [-0.25, -0.2) is 14.4 Å². The number of nitrogens with one attached hydrogen (secondary N) is 2. The molecule has 0 spiro atoms. The number of hydrogen-bond acceptors (Lipinski definition) is 8. The number of fused-ring (bicyclic) bond motifs is 1. The Morgan fingerprint density at radius 1 is 1.18 bits per heavy atom. The lowest BCUT2D eigenvalue weighted by Gasteiger charge is -2.12. The van der Waals surface area contributed by atoms with E-state index >= 15 is 0 Å². The van der Waals surface area contributed by atoms with Crippen LogP contribution in [0, 0.1) is 17.6 Å². The molecule has 40 heavy (non-hydrogen) atoms. The Bertz CT molecular complexity index is 1720. The smallest absolute Gasteiger partial charge is 0.263 e. The van der Waals surface area contributed by atoms with Gasteiger partial charge in [-0.05, 0) is 12.5 Å². The number of carbonyl (C=O) groups is 2. The first-order valence-electron chi connectivity index (χ1n) is 11.5. The number of carbonyl (C=O) groups excluding carboxylic acids is 2. The summed E-state index contributed by atoms with van der Waals surface area (Å²) in [5, 5.41) is 23.2. The zero-order chi connectivity index (χ0) is 29.3. The van der Waals surface area contributed by atoms with Crippen molar-refractivity contribution in [2.45, 2.75) is 13.0 Å². The number of amides is 2. The number of halogens is 4. The molecule has 4 rings (SSSR count). The third kappa shape index (κ3) is 5.28. The second kappa shape index (κ2) is 11.2. The second-order valence-corrected chi connectivity index (χ2v) is 8.93. The average molecular weight is 580 g/mol. The van der Waals surface area contributed by atoms with Crippen molar-refractivity contribution in [3.05, 3.63) is 63.2 Å². The molecule has 12 nitrogen and oxygen atoms in total. The minimum atomic E-state index is -1.76. The molecule has 0 saturated heterocycles. The van der Waals surface area contributed by atoms with Crippen LogP contribution in [0.1, 0.15) is 16.8 Å². The van der Waals surface area contributed by atoms with Crippen molar-refractivity contribution in [3.8, 4) is 16.9 Å². The zero-order valence-corrected chi connectivity index (χ0v) is 21.4. The molecule has 0 unspecified atom stereocenters. The number of phenols is 1. The molecule has 3 aromatic heterocycles. The van der Waals surface area contributed by atoms with E-state index in [4.69, 9.17) is 22.4 Å². The summed E-state index contributed by atoms with van der Waals surface area (Å²) in [4.78, 5) is 45.4. The van der Waals surface area contributed by atoms with Gasteiger partial charge in [0.25, 0.3) is 11.5 Å². The second-order valence-electron chi connectivity index (χ2n) is 8.55. The van der Waals surface area contributed by atoms with Gasteiger partial charge in [0.15, 0.2) is 11.6 Å². The van der Waals surface area contributed by atoms with Crippen molar-refractivity contribution in [2.24, 2.45) is 12.8 Å². The monoisotopic (exact) mass is 579 g/mol. The van der Waals surface area contributed by atoms with Gasteiger partial charge in [0.1, 0.15) is 23.0 Å². The average Bonchev–Trinajstić information content (AvgIpc) is 3.26. The van der Waals surface area contributed by atoms with Crippen LogP contribution in [-0.4, -0.2) is 54.3 Å². The highest BCUT2D eigenvalue weighted by molar-refractivity contribution is 6.33. The summed E-state index contributed by atoms with van der Waals surface area (Å²) in [7, 11) is 1.36. The lowest BCUT2D eigenvalue weighted by atomic mass is 10.0. The van der Waals surface area contributed by atoms with Crippen molar-refractivity contribution in [1.29, 1.82) is 0 Å². The first-order chi connectivity index (χ1) is 18.9. The standard InChI is InChI=1S/C24H21ClF3N7O5/c1-34-9-31-23-16(24(34)40)12(10-5-11(22(29)39)20(38)19(27)18(10)26)7-35(23)8-15(37)32-13-6-14(30-3-2-4-36)33-21(28)17(13)25/h5-7,9,36,38H,2-4,8H2,1H3,(H2,29,39)(H2,30,32,33,37). The quantitative estimate of drug-likeness (QED) is 0.148. The van der Waals surface area contributed by atoms with Gasteiger partial charge < -0.3 is 35.7 Å². The van der Waals surface area contributed by atoms with E-state index in [1.165, 1.54) is 13.1 Å². The fourth-order valence-corrected chi connectivity index (χ4v) is 4.05. The molecule has 3 heterocycles. The van der Waals surface area contributed by atoms with Gasteiger partial charge in [-0.15, -0.1) is 0 Å². The molecule has 0 aliphatic rings. The third-order valence-electron chi connectivity index (χ3n) is 5.82. The van der Waals surface area contributed by atoms with Gasteiger partial charge in [0.05, 0.1) is 23.0 Å². The van der Waals surface area contributed by atoms with E-state index in [0.29, 0.717) is 6.42 Å². The maximum Gasteiger partial charge on any atom is 0.263 e. The van der Waals surface area contributed by atoms with Crippen molar-refractivity contribution in [3.63, 3.8) is 0 Å². The van der Waals surface area contributed by atoms with Gasteiger partial charge in [0.2, 0.25) is 17.7 Å². The van der Waals surface area contributed by atoms with Crippen molar-refractivity contribution in [2.75, 3.05) is 23.8 Å². The molecule has 16 heteroatoms. The Morgan fingerprint density at radius 3 is 2.58 bits per heavy atom. The Morgan fingerprint density at radius 2 is 1.90 bits per heavy atom. The summed E-state index contributed by atoms with van der Waals surface area (Å²) >= 11 is 5.96. The Kier molecular flexibility index (Phi) is 7.97. The van der Waals surface area contributed by atoms with Crippen LogP contribution in [0.4, 0.5) is 24.7 Å². The first kappa shape index (κ1) is 28.4. The molecular formula is C24H21ClF3N7O5. The lowest BCUT2D eigenvalue weighted by molar-refractivity contribution is -0.116. The molecule has 6 N–H and O–H groups in total. The first-order valence-corrected chi connectivity index (χ1v) is 11.9. The summed E-state index contributed by atoms with van der Waals surface area (Å²) in [5.41, 5.74) is 2.70. The summed E-state index contributed by atoms with van der Waals surface area (Å²) < 4.78 is 45.9. The normalized spacial score (nSPS) is 11.2. The van der Waals surface area contributed by atoms with E-state index in [0.717, 1.165) is 27.7 Å². The van der Waals surface area contributed by atoms with Crippen LogP contribution in [0.25, 0.3) is 22.2 Å². The van der Waals surface area contributed by atoms with Gasteiger partial charge in [-0.2, -0.15) is 8.78 Å². The van der Waals surface area contributed by atoms with Crippen LogP contribution in [-0.2, 0) is 18.4 Å². The number of primary amides is 1. The number of benzene rings is 1. The maximum absolute atomic E-state index is 15.0. The summed E-state index contributed by atoms with van der Waals surface area (Å²) in [5.74, 6) is -7.68. The number of rotatable bonds is 9. The predicted octanol–water partition coefficient (Wildman–Crippen LogP) is 2.11. The number of aromatic nitrogens is 4. The zero-order valence-electron chi connectivity index (χ0n) is 20.6. The highest BCUT2D eigenvalue weighted by Gasteiger charge is 2.26. The molecule has 0 fully saturated rings. The topological polar surface area (TPSA) is 177 Å². The lowest BCUT2D eigenvalue weighted by Crippen LogP contribution is -2.21. The van der Waals surface area contributed by atoms with E-state index in [1.807, 2.05) is 0 Å². The summed E-state index contributed by atoms with van der Waals surface area (Å²) in [6.07, 6.45) is 2.63. The number of aliphatic hydroxyl groups excluding tert-OH is 1. The predicted molar refractivity (Wildman–Crippen MR) is 139 cm³/mol. The van der Waals surface area contributed by atoms with E-state index < -0.39 is 63.4 Å². The highest BCUT2D eigenvalue weighted by Crippen LogP contribution is 2.36. The van der Waals surface area contributed by atoms with Gasteiger partial charge in [-0.3, -0.25) is 14.4 Å². The number of aryl methyl sites for hydroxylation is 1. The minimum Gasteiger partial charge on any atom is -0.504 e. The number of hydrogen-bond donors (Lipinski definition) is 5. The van der Waals surface area contributed by atoms with Gasteiger partial charge >= 0.3 is 0 Å². The number of anilines is 2. The van der Waals surface area contributed by atoms with Crippen molar-refractivity contribution >= 4 is 46.0 Å². The van der Waals surface area contributed by atoms with Crippen molar-refractivity contribution < 1.29 is 33.0 Å². The van der Waals surface area contributed by atoms with E-state index in [-0.39, 0.29) is 41.3 Å². The van der Waals surface area contributed by atoms with Crippen LogP contribution >= 0.6 is 11.6 Å². The fraction of sp³-hybridized carbons (Fsp3) is 0.208. The summed E-state index contributed by atoms with van der Waals surface area (Å²) in [6, 6.07) is 2.06. The molecule has 0 radical (unpaired) electrons. The molecule has 2 amide bonds. The molecular weight excluding hydrogens is 559 g/mol. The number of pyridine rings is 1. The molecule has 0 aliphatic carbocycles. The number of nitrogens with zero attached hydrogens (tertiary/aromatic N) is 4. The SMILES string of the molecule is Cn1cnc2c(c(-c3cc(C(N)=O)c(O)c(F)c3F)cn2CC(=O)Nc2cc(NCCCO)nc(F)c2Cl)c1=O. The molecule has 4 aromatic rings. The molecule has 1 aromatic carbocycles. The molecule has 0 aliphatic heterocycles. The Balaban J connectivity index is 1.76. The van der Waals surface area contributed by atoms with Crippen LogP contribution in [0.2, 0.25) is 5.02 Å². The van der Waals surface area contributed by atoms with Crippen LogP contribution in [0.5, 0.6) is 5.75 Å². The molecule has 210 valence electrons. The van der Waals surface area contributed by atoms with Gasteiger partial charge in [-0.1, -0.05) is 11.6 Å². The Hall–Kier alpha value is -4.63. The highest BCUT2D eigenvalue weighted by atomic mass is 35.5. The third-order valence-corrected chi connectivity index (χ3v) is 6.18. The van der Waals surface area contributed by atoms with E-state index in [1.54, 1.807) is 0 Å². The van der Waals surface area contributed by atoms with Crippen LogP contribution in [0.3, 0.4) is 0 Å². The summed E-state index contributed by atoms with van der Waals surface area (Å²) in [6.45, 7) is -0.390. The van der Waals surface area contributed by atoms with Crippen LogP contribution in [0.15, 0.2) is 29.5 Å². The molecule has 0 atom stereocenters. The molecule has 0 bridgehead atoms. The van der Waals surface area contributed by atoms with Crippen LogP contribution < -0.4 is 21.9 Å². The van der Waals surface area contributed by atoms with E-state index in [2.05, 4.69) is 20.6 Å². The minimum absolute atomic E-state index is 0.0413. The van der Waals surface area contributed by atoms with Crippen molar-refractivity contribution in [1.82, 2.24) is 19.1 Å². The number of aromatic hydroxyl groups is 1.